The lowest BCUT2D eigenvalue weighted by molar-refractivity contribution is 0.431. The highest BCUT2D eigenvalue weighted by Crippen LogP contribution is 2.25. The van der Waals surface area contributed by atoms with Crippen molar-refractivity contribution in [3.05, 3.63) is 16.6 Å². The number of hydrogen-bond acceptors (Lipinski definition) is 5. The fraction of sp³-hybridized carbons (Fsp3) is 0.143. The molecule has 2 aromatic rings. The van der Waals surface area contributed by atoms with Gasteiger partial charge in [-0.2, -0.15) is 0 Å². The molecule has 4 nitrogen and oxygen atoms in total. The van der Waals surface area contributed by atoms with E-state index in [9.17, 15) is 0 Å². The molecule has 0 saturated heterocycles. The average molecular weight is 181 g/mol. The molecule has 62 valence electrons. The number of aryl methyl sites for hydroxylation is 1. The molecule has 2 N–H and O–H groups in total. The van der Waals surface area contributed by atoms with Crippen LogP contribution in [0.4, 0.5) is 5.69 Å². The average Bonchev–Trinajstić information content (AvgIpc) is 2.58. The second-order valence-electron chi connectivity index (χ2n) is 2.36. The lowest BCUT2D eigenvalue weighted by atomic mass is 10.3. The molecule has 0 unspecified atom stereocenters. The summed E-state index contributed by atoms with van der Waals surface area (Å²) in [5.74, 6) is 0.555. The molecule has 2 aromatic heterocycles. The van der Waals surface area contributed by atoms with Crippen LogP contribution < -0.4 is 5.73 Å². The Kier molecular flexibility index (Phi) is 1.58. The second kappa shape index (κ2) is 2.60. The van der Waals surface area contributed by atoms with Crippen LogP contribution in [0, 0.1) is 6.92 Å². The summed E-state index contributed by atoms with van der Waals surface area (Å²) in [4.78, 5) is 4.22. The second-order valence-corrected chi connectivity index (χ2v) is 3.42. The minimum absolute atomic E-state index is 0.528. The Morgan fingerprint density at radius 1 is 1.58 bits per heavy atom. The number of nitrogens with two attached hydrogens (primary N) is 1. The Bertz CT molecular complexity index is 393. The summed E-state index contributed by atoms with van der Waals surface area (Å²) < 4.78 is 4.93. The third-order valence-electron chi connectivity index (χ3n) is 1.45. The zero-order chi connectivity index (χ0) is 8.55. The highest BCUT2D eigenvalue weighted by molar-refractivity contribution is 7.09. The number of nitrogens with zero attached hydrogens (tertiary/aromatic N) is 2. The highest BCUT2D eigenvalue weighted by atomic mass is 32.1. The number of aromatic nitrogens is 2. The van der Waals surface area contributed by atoms with Crippen LogP contribution in [0.15, 0.2) is 16.1 Å². The van der Waals surface area contributed by atoms with Crippen molar-refractivity contribution in [2.24, 2.45) is 0 Å². The molecule has 0 spiro atoms. The van der Waals surface area contributed by atoms with E-state index < -0.39 is 0 Å². The molecule has 0 radical (unpaired) electrons. The van der Waals surface area contributed by atoms with E-state index in [2.05, 4.69) is 10.1 Å². The quantitative estimate of drug-likeness (QED) is 0.727. The first-order valence-corrected chi connectivity index (χ1v) is 4.28. The molecule has 12 heavy (non-hydrogen) atoms. The van der Waals surface area contributed by atoms with E-state index in [0.717, 1.165) is 10.7 Å². The zero-order valence-corrected chi connectivity index (χ0v) is 7.26. The smallest absolute Gasteiger partial charge is 0.208 e. The molecule has 0 aliphatic heterocycles. The molecule has 0 aliphatic rings. The van der Waals surface area contributed by atoms with E-state index in [1.165, 1.54) is 6.20 Å². The lowest BCUT2D eigenvalue weighted by Crippen LogP contribution is -1.84. The van der Waals surface area contributed by atoms with E-state index in [4.69, 9.17) is 10.3 Å². The van der Waals surface area contributed by atoms with Crippen molar-refractivity contribution in [1.82, 2.24) is 10.1 Å². The Hall–Kier alpha value is -1.36. The van der Waals surface area contributed by atoms with Gasteiger partial charge in [0.05, 0.1) is 11.2 Å². The van der Waals surface area contributed by atoms with Gasteiger partial charge in [0, 0.05) is 5.38 Å². The highest BCUT2D eigenvalue weighted by Gasteiger charge is 2.10. The van der Waals surface area contributed by atoms with Gasteiger partial charge >= 0.3 is 0 Å². The molecule has 0 atom stereocenters. The molecule has 0 fully saturated rings. The third kappa shape index (κ3) is 1.08. The van der Waals surface area contributed by atoms with Gasteiger partial charge in [-0.3, -0.25) is 0 Å². The molecule has 0 bridgehead atoms. The van der Waals surface area contributed by atoms with Crippen molar-refractivity contribution in [3.63, 3.8) is 0 Å². The normalized spacial score (nSPS) is 10.4. The number of nitrogen functional groups attached to an aromatic ring is 1. The van der Waals surface area contributed by atoms with Gasteiger partial charge in [0.1, 0.15) is 11.4 Å². The third-order valence-corrected chi connectivity index (χ3v) is 2.22. The van der Waals surface area contributed by atoms with Crippen LogP contribution in [0.25, 0.3) is 11.5 Å². The standard InChI is InChI=1S/C7H7N3OS/c1-4-10-6(3-12-4)7-5(8)2-9-11-7/h2-3H,8H2,1H3. The summed E-state index contributed by atoms with van der Waals surface area (Å²) in [5, 5.41) is 6.45. The van der Waals surface area contributed by atoms with Crippen molar-refractivity contribution >= 4 is 17.0 Å². The summed E-state index contributed by atoms with van der Waals surface area (Å²) in [5.41, 5.74) is 6.88. The predicted octanol–water partition coefficient (Wildman–Crippen LogP) is 1.69. The molecule has 0 amide bonds. The van der Waals surface area contributed by atoms with Crippen molar-refractivity contribution in [1.29, 1.82) is 0 Å². The number of rotatable bonds is 1. The molecule has 0 aliphatic carbocycles. The first-order valence-electron chi connectivity index (χ1n) is 3.40. The molecule has 2 heterocycles. The minimum atomic E-state index is 0.528. The van der Waals surface area contributed by atoms with E-state index in [-0.39, 0.29) is 0 Å². The van der Waals surface area contributed by atoms with Crippen molar-refractivity contribution in [3.8, 4) is 11.5 Å². The molecule has 5 heteroatoms. The maximum Gasteiger partial charge on any atom is 0.208 e. The summed E-state index contributed by atoms with van der Waals surface area (Å²) in [6.07, 6.45) is 1.48. The summed E-state index contributed by atoms with van der Waals surface area (Å²) >= 11 is 1.56. The monoisotopic (exact) mass is 181 g/mol. The Labute approximate surface area is 73.0 Å². The van der Waals surface area contributed by atoms with Gasteiger partial charge in [-0.15, -0.1) is 11.3 Å². The number of thiazole rings is 1. The molecule has 0 saturated carbocycles. The van der Waals surface area contributed by atoms with Crippen molar-refractivity contribution < 1.29 is 4.52 Å². The number of anilines is 1. The van der Waals surface area contributed by atoms with Gasteiger partial charge in [-0.25, -0.2) is 4.98 Å². The summed E-state index contributed by atoms with van der Waals surface area (Å²) in [6, 6.07) is 0. The zero-order valence-electron chi connectivity index (χ0n) is 6.44. The Morgan fingerprint density at radius 2 is 2.42 bits per heavy atom. The van der Waals surface area contributed by atoms with Gasteiger partial charge in [0.2, 0.25) is 5.76 Å². The molecule has 0 aromatic carbocycles. The van der Waals surface area contributed by atoms with Crippen LogP contribution >= 0.6 is 11.3 Å². The number of hydrogen-bond donors (Lipinski definition) is 1. The van der Waals surface area contributed by atoms with Crippen LogP contribution in [-0.2, 0) is 0 Å². The molecular formula is C7H7N3OS. The SMILES string of the molecule is Cc1nc(-c2oncc2N)cs1. The van der Waals surface area contributed by atoms with E-state index in [1.54, 1.807) is 11.3 Å². The predicted molar refractivity (Wildman–Crippen MR) is 46.8 cm³/mol. The van der Waals surface area contributed by atoms with Crippen LogP contribution in [-0.4, -0.2) is 10.1 Å². The first-order chi connectivity index (χ1) is 5.77. The fourth-order valence-electron chi connectivity index (χ4n) is 0.910. The van der Waals surface area contributed by atoms with Gasteiger partial charge < -0.3 is 10.3 Å². The Balaban J connectivity index is 2.50. The van der Waals surface area contributed by atoms with E-state index in [0.29, 0.717) is 11.4 Å². The van der Waals surface area contributed by atoms with Gasteiger partial charge in [-0.1, -0.05) is 5.16 Å². The maximum absolute atomic E-state index is 5.59. The van der Waals surface area contributed by atoms with Crippen molar-refractivity contribution in [2.75, 3.05) is 5.73 Å². The topological polar surface area (TPSA) is 64.9 Å². The van der Waals surface area contributed by atoms with Crippen LogP contribution in [0.5, 0.6) is 0 Å². The van der Waals surface area contributed by atoms with Gasteiger partial charge in [0.15, 0.2) is 0 Å². The fourth-order valence-corrected chi connectivity index (χ4v) is 1.50. The van der Waals surface area contributed by atoms with Crippen LogP contribution in [0.3, 0.4) is 0 Å². The first kappa shape index (κ1) is 7.30. The van der Waals surface area contributed by atoms with Crippen LogP contribution in [0.1, 0.15) is 5.01 Å². The Morgan fingerprint density at radius 3 is 2.92 bits per heavy atom. The summed E-state index contributed by atoms with van der Waals surface area (Å²) in [6.45, 7) is 1.93. The molecule has 2 rings (SSSR count). The van der Waals surface area contributed by atoms with Gasteiger partial charge in [-0.05, 0) is 6.92 Å². The summed E-state index contributed by atoms with van der Waals surface area (Å²) in [7, 11) is 0. The van der Waals surface area contributed by atoms with Crippen LogP contribution in [0.2, 0.25) is 0 Å². The van der Waals surface area contributed by atoms with E-state index >= 15 is 0 Å². The van der Waals surface area contributed by atoms with E-state index in [1.807, 2.05) is 12.3 Å². The van der Waals surface area contributed by atoms with Gasteiger partial charge in [0.25, 0.3) is 0 Å². The largest absolute Gasteiger partial charge is 0.394 e. The minimum Gasteiger partial charge on any atom is -0.394 e. The lowest BCUT2D eigenvalue weighted by Gasteiger charge is -1.87. The maximum atomic E-state index is 5.59. The molecular weight excluding hydrogens is 174 g/mol. The van der Waals surface area contributed by atoms with Crippen molar-refractivity contribution in [2.45, 2.75) is 6.92 Å².